The van der Waals surface area contributed by atoms with E-state index in [1.165, 1.54) is 4.88 Å². The third-order valence-electron chi connectivity index (χ3n) is 4.32. The number of aryl methyl sites for hydroxylation is 2. The molecule has 5 heteroatoms. The Kier molecular flexibility index (Phi) is 3.97. The van der Waals surface area contributed by atoms with E-state index in [1.807, 2.05) is 13.8 Å². The van der Waals surface area contributed by atoms with E-state index in [0.717, 1.165) is 30.1 Å². The smallest absolute Gasteiger partial charge is 0.324 e. The van der Waals surface area contributed by atoms with E-state index in [-0.39, 0.29) is 6.04 Å². The molecular weight excluding hydrogens is 260 g/mol. The van der Waals surface area contributed by atoms with Gasteiger partial charge in [0.05, 0.1) is 16.7 Å². The molecule has 0 saturated carbocycles. The molecule has 2 atom stereocenters. The summed E-state index contributed by atoms with van der Waals surface area (Å²) in [5.74, 6) is -0.691. The summed E-state index contributed by atoms with van der Waals surface area (Å²) in [5, 5.41) is 10.7. The third kappa shape index (κ3) is 2.30. The molecule has 1 fully saturated rings. The van der Waals surface area contributed by atoms with E-state index < -0.39 is 11.5 Å². The van der Waals surface area contributed by atoms with Crippen LogP contribution in [0.15, 0.2) is 0 Å². The van der Waals surface area contributed by atoms with Gasteiger partial charge < -0.3 is 5.11 Å². The van der Waals surface area contributed by atoms with Crippen molar-refractivity contribution in [3.63, 3.8) is 0 Å². The van der Waals surface area contributed by atoms with Gasteiger partial charge in [-0.05, 0) is 46.6 Å². The Bertz CT molecular complexity index is 486. The summed E-state index contributed by atoms with van der Waals surface area (Å²) >= 11 is 1.69. The van der Waals surface area contributed by atoms with Gasteiger partial charge in [0.2, 0.25) is 0 Å². The quantitative estimate of drug-likeness (QED) is 0.921. The van der Waals surface area contributed by atoms with Crippen molar-refractivity contribution in [2.24, 2.45) is 0 Å². The Morgan fingerprint density at radius 1 is 1.58 bits per heavy atom. The molecule has 1 aromatic rings. The summed E-state index contributed by atoms with van der Waals surface area (Å²) in [7, 11) is 0. The molecule has 0 aliphatic carbocycles. The molecule has 0 bridgehead atoms. The Morgan fingerprint density at radius 3 is 2.74 bits per heavy atom. The molecule has 0 aromatic carbocycles. The second-order valence-electron chi connectivity index (χ2n) is 5.34. The van der Waals surface area contributed by atoms with Crippen LogP contribution >= 0.6 is 11.3 Å². The molecule has 0 radical (unpaired) electrons. The largest absolute Gasteiger partial charge is 0.480 e. The number of carbonyl (C=O) groups is 1. The topological polar surface area (TPSA) is 53.4 Å². The standard InChI is InChI=1S/C14H22N2O2S/c1-5-14(13(17)18)7-6-8-16(14)9(2)12-10(3)19-11(4)15-12/h9H,5-8H2,1-4H3,(H,17,18). The zero-order valence-corrected chi connectivity index (χ0v) is 12.9. The van der Waals surface area contributed by atoms with Crippen molar-refractivity contribution in [3.05, 3.63) is 15.6 Å². The van der Waals surface area contributed by atoms with Crippen LogP contribution in [0, 0.1) is 13.8 Å². The molecule has 19 heavy (non-hydrogen) atoms. The van der Waals surface area contributed by atoms with Crippen LogP contribution in [0.3, 0.4) is 0 Å². The maximum atomic E-state index is 11.7. The fraction of sp³-hybridized carbons (Fsp3) is 0.714. The van der Waals surface area contributed by atoms with E-state index in [0.29, 0.717) is 6.42 Å². The molecule has 1 N–H and O–H groups in total. The lowest BCUT2D eigenvalue weighted by atomic mass is 9.91. The third-order valence-corrected chi connectivity index (χ3v) is 5.23. The highest BCUT2D eigenvalue weighted by atomic mass is 32.1. The van der Waals surface area contributed by atoms with Crippen molar-refractivity contribution >= 4 is 17.3 Å². The molecule has 2 unspecified atom stereocenters. The van der Waals surface area contributed by atoms with Crippen molar-refractivity contribution in [1.29, 1.82) is 0 Å². The molecule has 1 aromatic heterocycles. The summed E-state index contributed by atoms with van der Waals surface area (Å²) in [6.45, 7) is 8.97. The van der Waals surface area contributed by atoms with Crippen molar-refractivity contribution < 1.29 is 9.90 Å². The first-order chi connectivity index (χ1) is 8.92. The number of carboxylic acids is 1. The molecule has 0 amide bonds. The van der Waals surface area contributed by atoms with E-state index in [4.69, 9.17) is 0 Å². The lowest BCUT2D eigenvalue weighted by Gasteiger charge is -2.37. The maximum Gasteiger partial charge on any atom is 0.324 e. The minimum atomic E-state index is -0.705. The van der Waals surface area contributed by atoms with Crippen LogP contribution in [0.1, 0.15) is 54.7 Å². The minimum absolute atomic E-state index is 0.0727. The van der Waals surface area contributed by atoms with Gasteiger partial charge in [-0.25, -0.2) is 4.98 Å². The Balaban J connectivity index is 2.35. The van der Waals surface area contributed by atoms with Crippen LogP contribution < -0.4 is 0 Å². The van der Waals surface area contributed by atoms with Gasteiger partial charge in [-0.1, -0.05) is 6.92 Å². The van der Waals surface area contributed by atoms with Gasteiger partial charge in [0.15, 0.2) is 0 Å². The Labute approximate surface area is 118 Å². The van der Waals surface area contributed by atoms with E-state index >= 15 is 0 Å². The summed E-state index contributed by atoms with van der Waals surface area (Å²) in [4.78, 5) is 19.7. The average molecular weight is 282 g/mol. The summed E-state index contributed by atoms with van der Waals surface area (Å²) in [5.41, 5.74) is 0.340. The lowest BCUT2D eigenvalue weighted by molar-refractivity contribution is -0.151. The highest BCUT2D eigenvalue weighted by Gasteiger charge is 2.48. The van der Waals surface area contributed by atoms with Gasteiger partial charge in [-0.2, -0.15) is 0 Å². The fourth-order valence-electron chi connectivity index (χ4n) is 3.30. The van der Waals surface area contributed by atoms with E-state index in [9.17, 15) is 9.90 Å². The predicted octanol–water partition coefficient (Wildman–Crippen LogP) is 3.15. The van der Waals surface area contributed by atoms with E-state index in [1.54, 1.807) is 11.3 Å². The van der Waals surface area contributed by atoms with Gasteiger partial charge in [0, 0.05) is 4.88 Å². The van der Waals surface area contributed by atoms with Crippen LogP contribution in [0.25, 0.3) is 0 Å². The number of aromatic nitrogens is 1. The normalized spacial score (nSPS) is 25.7. The Hall–Kier alpha value is -0.940. The fourth-order valence-corrected chi connectivity index (χ4v) is 4.21. The molecule has 1 aliphatic heterocycles. The first-order valence-electron chi connectivity index (χ1n) is 6.86. The zero-order chi connectivity index (χ0) is 14.2. The molecular formula is C14H22N2O2S. The first kappa shape index (κ1) is 14.5. The number of hydrogen-bond acceptors (Lipinski definition) is 4. The summed E-state index contributed by atoms with van der Waals surface area (Å²) in [6.07, 6.45) is 2.34. The molecule has 106 valence electrons. The number of nitrogens with zero attached hydrogens (tertiary/aromatic N) is 2. The van der Waals surface area contributed by atoms with Crippen molar-refractivity contribution in [1.82, 2.24) is 9.88 Å². The van der Waals surface area contributed by atoms with Gasteiger partial charge in [0.1, 0.15) is 5.54 Å². The van der Waals surface area contributed by atoms with Gasteiger partial charge in [0.25, 0.3) is 0 Å². The predicted molar refractivity (Wildman–Crippen MR) is 76.6 cm³/mol. The van der Waals surface area contributed by atoms with Crippen molar-refractivity contribution in [2.75, 3.05) is 6.54 Å². The SMILES string of the molecule is CCC1(C(=O)O)CCCN1C(C)c1nc(C)sc1C. The molecule has 4 nitrogen and oxygen atoms in total. The Morgan fingerprint density at radius 2 is 2.26 bits per heavy atom. The molecule has 2 heterocycles. The van der Waals surface area contributed by atoms with Crippen LogP contribution in [0.5, 0.6) is 0 Å². The number of carboxylic acid groups (broad SMARTS) is 1. The summed E-state index contributed by atoms with van der Waals surface area (Å²) < 4.78 is 0. The van der Waals surface area contributed by atoms with Crippen LogP contribution in [0.2, 0.25) is 0 Å². The molecule has 1 aliphatic rings. The highest BCUT2D eigenvalue weighted by Crippen LogP contribution is 2.40. The van der Waals surface area contributed by atoms with Crippen molar-refractivity contribution in [3.8, 4) is 0 Å². The van der Waals surface area contributed by atoms with Gasteiger partial charge in [-0.15, -0.1) is 11.3 Å². The van der Waals surface area contributed by atoms with Gasteiger partial charge >= 0.3 is 5.97 Å². The van der Waals surface area contributed by atoms with Gasteiger partial charge in [-0.3, -0.25) is 9.69 Å². The molecule has 2 rings (SSSR count). The average Bonchev–Trinajstić information content (AvgIpc) is 2.92. The second kappa shape index (κ2) is 5.21. The first-order valence-corrected chi connectivity index (χ1v) is 7.68. The highest BCUT2D eigenvalue weighted by molar-refractivity contribution is 7.11. The van der Waals surface area contributed by atoms with Crippen molar-refractivity contribution in [2.45, 2.75) is 58.5 Å². The van der Waals surface area contributed by atoms with E-state index in [2.05, 4.69) is 23.7 Å². The van der Waals surface area contributed by atoms with Crippen LogP contribution in [-0.2, 0) is 4.79 Å². The number of thiazole rings is 1. The molecule has 1 saturated heterocycles. The molecule has 0 spiro atoms. The lowest BCUT2D eigenvalue weighted by Crippen LogP contribution is -2.51. The number of aliphatic carboxylic acids is 1. The number of rotatable bonds is 4. The van der Waals surface area contributed by atoms with Crippen LogP contribution in [0.4, 0.5) is 0 Å². The number of likely N-dealkylation sites (tertiary alicyclic amines) is 1. The minimum Gasteiger partial charge on any atom is -0.480 e. The summed E-state index contributed by atoms with van der Waals surface area (Å²) in [6, 6.07) is 0.0727. The zero-order valence-electron chi connectivity index (χ0n) is 12.1. The monoisotopic (exact) mass is 282 g/mol. The second-order valence-corrected chi connectivity index (χ2v) is 6.74. The number of hydrogen-bond donors (Lipinski definition) is 1. The maximum absolute atomic E-state index is 11.7. The van der Waals surface area contributed by atoms with Crippen LogP contribution in [-0.4, -0.2) is 33.0 Å².